The number of ether oxygens (including phenoxy) is 1. The normalized spacial score (nSPS) is 15.6. The van der Waals surface area contributed by atoms with Gasteiger partial charge in [0.05, 0.1) is 12.7 Å². The first-order chi connectivity index (χ1) is 12.9. The first kappa shape index (κ1) is 19.3. The number of thiophene rings is 1. The molecule has 0 fully saturated rings. The number of primary amides is 1. The molecule has 2 aromatic rings. The maximum absolute atomic E-state index is 12.4. The zero-order valence-electron chi connectivity index (χ0n) is 15.1. The number of nitrogens with two attached hydrogens (primary N) is 1. The highest BCUT2D eigenvalue weighted by atomic mass is 32.1. The minimum atomic E-state index is -0.480. The molecule has 0 aliphatic heterocycles. The fraction of sp³-hybridized carbons (Fsp3) is 0.316. The van der Waals surface area contributed by atoms with Crippen molar-refractivity contribution in [3.05, 3.63) is 45.8 Å². The van der Waals surface area contributed by atoms with Crippen LogP contribution in [0.5, 0.6) is 5.75 Å². The molecule has 1 aliphatic carbocycles. The van der Waals surface area contributed by atoms with Crippen LogP contribution in [0.1, 0.15) is 44.5 Å². The van der Waals surface area contributed by atoms with Crippen LogP contribution in [0.2, 0.25) is 0 Å². The van der Waals surface area contributed by atoms with Crippen LogP contribution in [0.15, 0.2) is 24.3 Å². The van der Waals surface area contributed by atoms with E-state index in [1.54, 1.807) is 24.3 Å². The van der Waals surface area contributed by atoms with Gasteiger partial charge in [0.1, 0.15) is 10.8 Å². The molecule has 4 N–H and O–H groups in total. The van der Waals surface area contributed by atoms with Gasteiger partial charge in [-0.2, -0.15) is 0 Å². The lowest BCUT2D eigenvalue weighted by atomic mass is 9.88. The molecular formula is C19H21N3O3S2. The van der Waals surface area contributed by atoms with Gasteiger partial charge in [-0.05, 0) is 61.2 Å². The van der Waals surface area contributed by atoms with Gasteiger partial charge in [-0.25, -0.2) is 0 Å². The Balaban J connectivity index is 1.76. The number of methoxy groups -OCH3 is 1. The van der Waals surface area contributed by atoms with Crippen LogP contribution < -0.4 is 21.1 Å². The van der Waals surface area contributed by atoms with E-state index in [2.05, 4.69) is 17.6 Å². The SMILES string of the molecule is COc1cccc(C(=O)NC(=S)Nc2sc3c(c2C(N)=O)CCC(C)C3)c1. The summed E-state index contributed by atoms with van der Waals surface area (Å²) in [5, 5.41) is 6.33. The average molecular weight is 404 g/mol. The fourth-order valence-electron chi connectivity index (χ4n) is 3.17. The molecule has 0 saturated heterocycles. The Labute approximate surface area is 167 Å². The summed E-state index contributed by atoms with van der Waals surface area (Å²) in [6.45, 7) is 2.19. The summed E-state index contributed by atoms with van der Waals surface area (Å²) in [7, 11) is 1.54. The van der Waals surface area contributed by atoms with Crippen LogP contribution in [0.25, 0.3) is 0 Å². The molecule has 1 aromatic heterocycles. The summed E-state index contributed by atoms with van der Waals surface area (Å²) in [5.74, 6) is 0.315. The van der Waals surface area contributed by atoms with Gasteiger partial charge in [-0.15, -0.1) is 11.3 Å². The highest BCUT2D eigenvalue weighted by Gasteiger charge is 2.27. The number of thiocarbonyl (C=S) groups is 1. The minimum absolute atomic E-state index is 0.122. The zero-order chi connectivity index (χ0) is 19.6. The highest BCUT2D eigenvalue weighted by molar-refractivity contribution is 7.80. The lowest BCUT2D eigenvalue weighted by molar-refractivity contribution is 0.0975. The van der Waals surface area contributed by atoms with Gasteiger partial charge < -0.3 is 15.8 Å². The molecule has 3 rings (SSSR count). The second-order valence-electron chi connectivity index (χ2n) is 6.56. The molecular weight excluding hydrogens is 382 g/mol. The largest absolute Gasteiger partial charge is 0.497 e. The third kappa shape index (κ3) is 4.28. The monoisotopic (exact) mass is 403 g/mol. The van der Waals surface area contributed by atoms with Gasteiger partial charge in [0.25, 0.3) is 11.8 Å². The number of carbonyl (C=O) groups is 2. The average Bonchev–Trinajstić information content (AvgIpc) is 2.98. The number of rotatable bonds is 4. The van der Waals surface area contributed by atoms with E-state index in [4.69, 9.17) is 22.7 Å². The Kier molecular flexibility index (Phi) is 5.76. The van der Waals surface area contributed by atoms with Crippen LogP contribution in [0.3, 0.4) is 0 Å². The Morgan fingerprint density at radius 3 is 2.85 bits per heavy atom. The molecule has 27 heavy (non-hydrogen) atoms. The number of anilines is 1. The van der Waals surface area contributed by atoms with E-state index < -0.39 is 5.91 Å². The highest BCUT2D eigenvalue weighted by Crippen LogP contribution is 2.39. The van der Waals surface area contributed by atoms with Crippen LogP contribution in [0.4, 0.5) is 5.00 Å². The molecule has 0 spiro atoms. The number of carbonyl (C=O) groups excluding carboxylic acids is 2. The van der Waals surface area contributed by atoms with Gasteiger partial charge in [0.15, 0.2) is 5.11 Å². The van der Waals surface area contributed by atoms with E-state index in [0.29, 0.717) is 27.8 Å². The van der Waals surface area contributed by atoms with E-state index in [0.717, 1.165) is 29.7 Å². The molecule has 1 heterocycles. The van der Waals surface area contributed by atoms with Gasteiger partial charge in [-0.1, -0.05) is 13.0 Å². The molecule has 8 heteroatoms. The summed E-state index contributed by atoms with van der Waals surface area (Å²) in [4.78, 5) is 25.5. The summed E-state index contributed by atoms with van der Waals surface area (Å²) in [5.41, 5.74) is 7.52. The number of amides is 2. The summed E-state index contributed by atoms with van der Waals surface area (Å²) in [6, 6.07) is 6.77. The third-order valence-corrected chi connectivity index (χ3v) is 5.92. The smallest absolute Gasteiger partial charge is 0.257 e. The molecule has 1 aliphatic rings. The molecule has 6 nitrogen and oxygen atoms in total. The maximum atomic E-state index is 12.4. The van der Waals surface area contributed by atoms with Gasteiger partial charge >= 0.3 is 0 Å². The van der Waals surface area contributed by atoms with Crippen LogP contribution in [-0.4, -0.2) is 24.0 Å². The van der Waals surface area contributed by atoms with Crippen LogP contribution in [0, 0.1) is 5.92 Å². The Bertz CT molecular complexity index is 908. The molecule has 0 bridgehead atoms. The summed E-state index contributed by atoms with van der Waals surface area (Å²) < 4.78 is 5.12. The minimum Gasteiger partial charge on any atom is -0.497 e. The van der Waals surface area contributed by atoms with Crippen molar-refractivity contribution in [3.8, 4) is 5.75 Å². The van der Waals surface area contributed by atoms with Crippen LogP contribution >= 0.6 is 23.6 Å². The lowest BCUT2D eigenvalue weighted by Gasteiger charge is -2.18. The van der Waals surface area contributed by atoms with Crippen molar-refractivity contribution in [2.75, 3.05) is 12.4 Å². The van der Waals surface area contributed by atoms with Crippen molar-refractivity contribution in [1.82, 2.24) is 5.32 Å². The number of hydrogen-bond acceptors (Lipinski definition) is 5. The fourth-order valence-corrected chi connectivity index (χ4v) is 4.85. The van der Waals surface area contributed by atoms with E-state index in [-0.39, 0.29) is 11.0 Å². The van der Waals surface area contributed by atoms with Crippen molar-refractivity contribution in [3.63, 3.8) is 0 Å². The predicted molar refractivity (Wildman–Crippen MR) is 111 cm³/mol. The predicted octanol–water partition coefficient (Wildman–Crippen LogP) is 3.11. The zero-order valence-corrected chi connectivity index (χ0v) is 16.8. The van der Waals surface area contributed by atoms with Gasteiger partial charge in [0.2, 0.25) is 0 Å². The number of hydrogen-bond donors (Lipinski definition) is 3. The molecule has 2 amide bonds. The van der Waals surface area contributed by atoms with Gasteiger partial charge in [-0.3, -0.25) is 14.9 Å². The molecule has 142 valence electrons. The van der Waals surface area contributed by atoms with E-state index in [1.165, 1.54) is 18.4 Å². The number of nitrogens with one attached hydrogen (secondary N) is 2. The molecule has 1 unspecified atom stereocenters. The first-order valence-corrected chi connectivity index (χ1v) is 9.82. The summed E-state index contributed by atoms with van der Waals surface area (Å²) in [6.07, 6.45) is 2.78. The third-order valence-electron chi connectivity index (χ3n) is 4.54. The number of fused-ring (bicyclic) bond motifs is 1. The van der Waals surface area contributed by atoms with Crippen molar-refractivity contribution < 1.29 is 14.3 Å². The maximum Gasteiger partial charge on any atom is 0.257 e. The topological polar surface area (TPSA) is 93.4 Å². The Morgan fingerprint density at radius 2 is 2.15 bits per heavy atom. The van der Waals surface area contributed by atoms with Crippen molar-refractivity contribution in [2.45, 2.75) is 26.2 Å². The second-order valence-corrected chi connectivity index (χ2v) is 8.07. The van der Waals surface area contributed by atoms with Crippen molar-refractivity contribution >= 4 is 45.5 Å². The molecule has 1 atom stereocenters. The molecule has 1 aromatic carbocycles. The first-order valence-electron chi connectivity index (χ1n) is 8.59. The Morgan fingerprint density at radius 1 is 1.37 bits per heavy atom. The lowest BCUT2D eigenvalue weighted by Crippen LogP contribution is -2.34. The molecule has 0 radical (unpaired) electrons. The summed E-state index contributed by atoms with van der Waals surface area (Å²) >= 11 is 6.74. The van der Waals surface area contributed by atoms with E-state index in [9.17, 15) is 9.59 Å². The van der Waals surface area contributed by atoms with Crippen LogP contribution in [-0.2, 0) is 12.8 Å². The number of benzene rings is 1. The van der Waals surface area contributed by atoms with Crippen molar-refractivity contribution in [2.24, 2.45) is 11.7 Å². The van der Waals surface area contributed by atoms with Gasteiger partial charge in [0, 0.05) is 10.4 Å². The molecule has 0 saturated carbocycles. The van der Waals surface area contributed by atoms with Crippen molar-refractivity contribution in [1.29, 1.82) is 0 Å². The quantitative estimate of drug-likeness (QED) is 0.682. The Hall–Kier alpha value is -2.45. The second kappa shape index (κ2) is 8.06. The van der Waals surface area contributed by atoms with E-state index in [1.807, 2.05) is 0 Å². The van der Waals surface area contributed by atoms with E-state index >= 15 is 0 Å². The standard InChI is InChI=1S/C19H21N3O3S2/c1-10-6-7-13-14(8-10)27-18(15(13)16(20)23)22-19(26)21-17(24)11-4-3-5-12(9-11)25-2/h3-5,9-10H,6-8H2,1-2H3,(H2,20,23)(H2,21,22,24,26).